The number of aryl methyl sites for hydroxylation is 1. The van der Waals surface area contributed by atoms with E-state index in [2.05, 4.69) is 5.32 Å². The Bertz CT molecular complexity index is 1380. The van der Waals surface area contributed by atoms with Crippen LogP contribution in [0.2, 0.25) is 0 Å². The zero-order valence-electron chi connectivity index (χ0n) is 17.9. The maximum Gasteiger partial charge on any atom is 0.256 e. The SMILES string of the molecule is Cc1ccc(F)c(N2C(=O)CS[C@@H]2c2cccc(NC(=O)c3cccc4ccccc34)c2)c1. The van der Waals surface area contributed by atoms with Gasteiger partial charge in [0.1, 0.15) is 11.2 Å². The highest BCUT2D eigenvalue weighted by Crippen LogP contribution is 2.43. The van der Waals surface area contributed by atoms with Crippen molar-refractivity contribution >= 4 is 45.7 Å². The minimum absolute atomic E-state index is 0.139. The summed E-state index contributed by atoms with van der Waals surface area (Å²) < 4.78 is 14.6. The molecular formula is C27H21FN2O2S. The number of rotatable bonds is 4. The molecule has 0 radical (unpaired) electrons. The first-order chi connectivity index (χ1) is 16.0. The van der Waals surface area contributed by atoms with Gasteiger partial charge in [-0.2, -0.15) is 0 Å². The number of hydrogen-bond acceptors (Lipinski definition) is 3. The number of nitrogens with zero attached hydrogens (tertiary/aromatic N) is 1. The molecule has 1 fully saturated rings. The average molecular weight is 457 g/mol. The Balaban J connectivity index is 1.45. The molecule has 0 spiro atoms. The van der Waals surface area contributed by atoms with Crippen LogP contribution in [0.15, 0.2) is 84.9 Å². The zero-order valence-corrected chi connectivity index (χ0v) is 18.7. The second kappa shape index (κ2) is 8.71. The molecule has 5 rings (SSSR count). The lowest BCUT2D eigenvalue weighted by Gasteiger charge is -2.25. The molecule has 1 aliphatic rings. The van der Waals surface area contributed by atoms with Gasteiger partial charge in [-0.15, -0.1) is 11.8 Å². The quantitative estimate of drug-likeness (QED) is 0.391. The maximum absolute atomic E-state index is 14.6. The molecule has 0 aliphatic carbocycles. The Labute approximate surface area is 195 Å². The normalized spacial score (nSPS) is 15.8. The van der Waals surface area contributed by atoms with Crippen molar-refractivity contribution in [3.8, 4) is 0 Å². The van der Waals surface area contributed by atoms with Gasteiger partial charge >= 0.3 is 0 Å². The van der Waals surface area contributed by atoms with E-state index in [4.69, 9.17) is 0 Å². The Morgan fingerprint density at radius 1 is 1.00 bits per heavy atom. The lowest BCUT2D eigenvalue weighted by Crippen LogP contribution is -2.28. The lowest BCUT2D eigenvalue weighted by atomic mass is 10.0. The Morgan fingerprint density at radius 2 is 1.79 bits per heavy atom. The molecule has 1 heterocycles. The van der Waals surface area contributed by atoms with Crippen molar-refractivity contribution in [2.45, 2.75) is 12.3 Å². The van der Waals surface area contributed by atoms with E-state index in [9.17, 15) is 14.0 Å². The molecule has 1 N–H and O–H groups in total. The summed E-state index contributed by atoms with van der Waals surface area (Å²) in [4.78, 5) is 27.2. The fraction of sp³-hybridized carbons (Fsp3) is 0.111. The fourth-order valence-electron chi connectivity index (χ4n) is 4.13. The average Bonchev–Trinajstić information content (AvgIpc) is 3.21. The molecular weight excluding hydrogens is 435 g/mol. The van der Waals surface area contributed by atoms with Gasteiger partial charge in [0.15, 0.2) is 0 Å². The van der Waals surface area contributed by atoms with Crippen LogP contribution in [-0.4, -0.2) is 17.6 Å². The number of anilines is 2. The number of nitrogens with one attached hydrogen (secondary N) is 1. The minimum Gasteiger partial charge on any atom is -0.322 e. The summed E-state index contributed by atoms with van der Waals surface area (Å²) in [5, 5.41) is 4.48. The number of thioether (sulfide) groups is 1. The van der Waals surface area contributed by atoms with Crippen molar-refractivity contribution in [1.29, 1.82) is 0 Å². The zero-order chi connectivity index (χ0) is 22.9. The van der Waals surface area contributed by atoms with Crippen LogP contribution in [-0.2, 0) is 4.79 Å². The molecule has 0 unspecified atom stereocenters. The van der Waals surface area contributed by atoms with Gasteiger partial charge in [-0.3, -0.25) is 14.5 Å². The van der Waals surface area contributed by atoms with E-state index in [0.29, 0.717) is 11.3 Å². The lowest BCUT2D eigenvalue weighted by molar-refractivity contribution is -0.115. The number of hydrogen-bond donors (Lipinski definition) is 1. The van der Waals surface area contributed by atoms with Crippen LogP contribution >= 0.6 is 11.8 Å². The van der Waals surface area contributed by atoms with Crippen molar-refractivity contribution < 1.29 is 14.0 Å². The first-order valence-corrected chi connectivity index (χ1v) is 11.6. The third-order valence-corrected chi connectivity index (χ3v) is 6.91. The largest absolute Gasteiger partial charge is 0.322 e. The monoisotopic (exact) mass is 456 g/mol. The first kappa shape index (κ1) is 21.2. The van der Waals surface area contributed by atoms with Gasteiger partial charge in [0, 0.05) is 11.3 Å². The minimum atomic E-state index is -0.429. The first-order valence-electron chi connectivity index (χ1n) is 10.6. The van der Waals surface area contributed by atoms with Gasteiger partial charge in [0.2, 0.25) is 5.91 Å². The van der Waals surface area contributed by atoms with Gasteiger partial charge in [-0.25, -0.2) is 4.39 Å². The molecule has 4 nitrogen and oxygen atoms in total. The standard InChI is InChI=1S/C27H21FN2O2S/c1-17-12-13-23(28)24(14-17)30-25(31)16-33-27(30)19-8-4-9-20(15-19)29-26(32)22-11-5-7-18-6-2-3-10-21(18)22/h2-15,27H,16H2,1H3,(H,29,32)/t27-/m1/s1. The summed E-state index contributed by atoms with van der Waals surface area (Å²) in [6.07, 6.45) is 0. The van der Waals surface area contributed by atoms with Crippen LogP contribution in [0.5, 0.6) is 0 Å². The smallest absolute Gasteiger partial charge is 0.256 e. The molecule has 4 aromatic carbocycles. The summed E-state index contributed by atoms with van der Waals surface area (Å²) in [6, 6.07) is 25.5. The van der Waals surface area contributed by atoms with Gasteiger partial charge < -0.3 is 5.32 Å². The fourth-order valence-corrected chi connectivity index (χ4v) is 5.29. The molecule has 4 aromatic rings. The summed E-state index contributed by atoms with van der Waals surface area (Å²) in [5.74, 6) is -0.507. The number of amides is 2. The third kappa shape index (κ3) is 4.10. The molecule has 6 heteroatoms. The van der Waals surface area contributed by atoms with E-state index in [1.165, 1.54) is 22.7 Å². The molecule has 2 amide bonds. The van der Waals surface area contributed by atoms with Gasteiger partial charge in [0.25, 0.3) is 5.91 Å². The highest BCUT2D eigenvalue weighted by Gasteiger charge is 2.35. The predicted octanol–water partition coefficient (Wildman–Crippen LogP) is 6.32. The maximum atomic E-state index is 14.6. The van der Waals surface area contributed by atoms with Gasteiger partial charge in [-0.05, 0) is 59.2 Å². The van der Waals surface area contributed by atoms with Crippen LogP contribution < -0.4 is 10.2 Å². The molecule has 1 atom stereocenters. The van der Waals surface area contributed by atoms with Crippen LogP contribution in [0.1, 0.15) is 26.9 Å². The number of benzene rings is 4. The van der Waals surface area contributed by atoms with Crippen LogP contribution in [0.3, 0.4) is 0 Å². The topological polar surface area (TPSA) is 49.4 Å². The third-order valence-electron chi connectivity index (χ3n) is 5.69. The van der Waals surface area contributed by atoms with Crippen molar-refractivity contribution in [2.24, 2.45) is 0 Å². The van der Waals surface area contributed by atoms with Crippen molar-refractivity contribution in [2.75, 3.05) is 16.0 Å². The molecule has 0 bridgehead atoms. The van der Waals surface area contributed by atoms with Crippen LogP contribution in [0, 0.1) is 12.7 Å². The summed E-state index contributed by atoms with van der Waals surface area (Å²) in [5.41, 5.74) is 3.19. The van der Waals surface area contributed by atoms with Crippen molar-refractivity contribution in [3.63, 3.8) is 0 Å². The van der Waals surface area contributed by atoms with Crippen LogP contribution in [0.4, 0.5) is 15.8 Å². The van der Waals surface area contributed by atoms with E-state index in [0.717, 1.165) is 21.9 Å². The predicted molar refractivity (Wildman–Crippen MR) is 132 cm³/mol. The van der Waals surface area contributed by atoms with E-state index in [-0.39, 0.29) is 28.6 Å². The highest BCUT2D eigenvalue weighted by atomic mass is 32.2. The Kier molecular flexibility index (Phi) is 5.60. The summed E-state index contributed by atoms with van der Waals surface area (Å²) in [6.45, 7) is 1.87. The number of carbonyl (C=O) groups is 2. The number of carbonyl (C=O) groups excluding carboxylic acids is 2. The molecule has 1 aliphatic heterocycles. The number of halogens is 1. The van der Waals surface area contributed by atoms with E-state index < -0.39 is 5.82 Å². The van der Waals surface area contributed by atoms with Crippen molar-refractivity contribution in [3.05, 3.63) is 107 Å². The molecule has 33 heavy (non-hydrogen) atoms. The number of fused-ring (bicyclic) bond motifs is 1. The molecule has 0 saturated carbocycles. The summed E-state index contributed by atoms with van der Waals surface area (Å²) >= 11 is 1.44. The van der Waals surface area contributed by atoms with E-state index in [1.807, 2.05) is 67.6 Å². The molecule has 1 saturated heterocycles. The highest BCUT2D eigenvalue weighted by molar-refractivity contribution is 8.00. The summed E-state index contributed by atoms with van der Waals surface area (Å²) in [7, 11) is 0. The second-order valence-corrected chi connectivity index (χ2v) is 9.06. The van der Waals surface area contributed by atoms with Gasteiger partial charge in [0.05, 0.1) is 11.4 Å². The van der Waals surface area contributed by atoms with Gasteiger partial charge in [-0.1, -0.05) is 54.6 Å². The molecule has 0 aromatic heterocycles. The molecule has 164 valence electrons. The van der Waals surface area contributed by atoms with E-state index >= 15 is 0 Å². The second-order valence-electron chi connectivity index (χ2n) is 7.99. The Hall–Kier alpha value is -3.64. The van der Waals surface area contributed by atoms with Crippen molar-refractivity contribution in [1.82, 2.24) is 0 Å². The van der Waals surface area contributed by atoms with E-state index in [1.54, 1.807) is 18.2 Å². The Morgan fingerprint density at radius 3 is 2.67 bits per heavy atom. The van der Waals surface area contributed by atoms with Crippen LogP contribution in [0.25, 0.3) is 10.8 Å².